The zero-order valence-corrected chi connectivity index (χ0v) is 14.0. The monoisotopic (exact) mass is 338 g/mol. The van der Waals surface area contributed by atoms with Gasteiger partial charge in [0.05, 0.1) is 23.7 Å². The lowest BCUT2D eigenvalue weighted by Crippen LogP contribution is -2.37. The molecule has 1 saturated carbocycles. The first-order valence-corrected chi connectivity index (χ1v) is 8.77. The van der Waals surface area contributed by atoms with E-state index < -0.39 is 18.8 Å². The van der Waals surface area contributed by atoms with Crippen molar-refractivity contribution >= 4 is 11.0 Å². The van der Waals surface area contributed by atoms with E-state index in [4.69, 9.17) is 0 Å². The number of aromatic nitrogens is 2. The summed E-state index contributed by atoms with van der Waals surface area (Å²) in [6.45, 7) is -0.408. The molecule has 2 N–H and O–H groups in total. The number of imidazole rings is 1. The van der Waals surface area contributed by atoms with E-state index in [1.807, 2.05) is 59.2 Å². The largest absolute Gasteiger partial charge is 0.394 e. The summed E-state index contributed by atoms with van der Waals surface area (Å²) in [5.74, 6) is 0. The second-order valence-corrected chi connectivity index (χ2v) is 6.70. The van der Waals surface area contributed by atoms with E-state index in [1.54, 1.807) is 4.57 Å². The molecular formula is C20H22N2O3. The number of aliphatic hydroxyl groups excluding tert-OH is 2. The fourth-order valence-corrected chi connectivity index (χ4v) is 3.75. The number of rotatable bonds is 5. The Balaban J connectivity index is 1.98. The topological polar surface area (TPSA) is 67.4 Å². The molecule has 2 aromatic carbocycles. The smallest absolute Gasteiger partial charge is 0.330 e. The van der Waals surface area contributed by atoms with Crippen LogP contribution in [-0.2, 0) is 0 Å². The average molecular weight is 338 g/mol. The lowest BCUT2D eigenvalue weighted by atomic mass is 9.93. The Kier molecular flexibility index (Phi) is 4.19. The van der Waals surface area contributed by atoms with Crippen molar-refractivity contribution in [1.82, 2.24) is 9.13 Å². The summed E-state index contributed by atoms with van der Waals surface area (Å²) in [5, 5.41) is 20.1. The Morgan fingerprint density at radius 1 is 1.00 bits per heavy atom. The average Bonchev–Trinajstić information content (AvgIpc) is 2.88. The summed E-state index contributed by atoms with van der Waals surface area (Å²) in [6, 6.07) is 16.7. The Morgan fingerprint density at radius 2 is 1.64 bits per heavy atom. The van der Waals surface area contributed by atoms with Crippen molar-refractivity contribution in [3.05, 3.63) is 70.6 Å². The minimum atomic E-state index is -1.05. The van der Waals surface area contributed by atoms with Crippen LogP contribution in [0.15, 0.2) is 59.4 Å². The molecule has 0 spiro atoms. The molecule has 5 nitrogen and oxygen atoms in total. The summed E-state index contributed by atoms with van der Waals surface area (Å²) >= 11 is 0. The Bertz CT molecular complexity index is 925. The molecule has 0 amide bonds. The van der Waals surface area contributed by atoms with Gasteiger partial charge in [0.1, 0.15) is 6.10 Å². The van der Waals surface area contributed by atoms with Gasteiger partial charge in [0, 0.05) is 6.04 Å². The van der Waals surface area contributed by atoms with E-state index in [1.165, 1.54) is 0 Å². The van der Waals surface area contributed by atoms with Gasteiger partial charge < -0.3 is 10.2 Å². The van der Waals surface area contributed by atoms with E-state index in [9.17, 15) is 15.0 Å². The predicted octanol–water partition coefficient (Wildman–Crippen LogP) is 2.47. The summed E-state index contributed by atoms with van der Waals surface area (Å²) in [6.07, 6.45) is 2.09. The minimum Gasteiger partial charge on any atom is -0.394 e. The quantitative estimate of drug-likeness (QED) is 0.751. The first-order valence-electron chi connectivity index (χ1n) is 8.77. The normalized spacial score (nSPS) is 17.4. The van der Waals surface area contributed by atoms with Crippen molar-refractivity contribution in [1.29, 1.82) is 0 Å². The molecule has 0 bridgehead atoms. The zero-order valence-electron chi connectivity index (χ0n) is 14.0. The highest BCUT2D eigenvalue weighted by Gasteiger charge is 2.31. The molecule has 25 heavy (non-hydrogen) atoms. The number of fused-ring (bicyclic) bond motifs is 1. The number of aliphatic hydroxyl groups is 2. The maximum Gasteiger partial charge on any atom is 0.330 e. The number of hydrogen-bond acceptors (Lipinski definition) is 3. The standard InChI is InChI=1S/C20H22N2O3/c23-13-18(24)19(14-7-2-1-3-8-14)22-17-12-5-4-11-16(17)21(20(22)25)15-9-6-10-15/h1-5,7-8,11-12,15,18-19,23-24H,6,9-10,13H2/t18-,19+/m1/s1. The lowest BCUT2D eigenvalue weighted by Gasteiger charge is -2.27. The highest BCUT2D eigenvalue weighted by Crippen LogP contribution is 2.34. The first-order chi connectivity index (χ1) is 12.2. The molecule has 0 aliphatic heterocycles. The molecule has 4 rings (SSSR count). The molecule has 130 valence electrons. The summed E-state index contributed by atoms with van der Waals surface area (Å²) < 4.78 is 3.50. The molecule has 1 heterocycles. The van der Waals surface area contributed by atoms with E-state index in [2.05, 4.69) is 0 Å². The van der Waals surface area contributed by atoms with Crippen molar-refractivity contribution in [2.24, 2.45) is 0 Å². The van der Waals surface area contributed by atoms with Gasteiger partial charge in [-0.25, -0.2) is 4.79 Å². The van der Waals surface area contributed by atoms with Gasteiger partial charge in [0.15, 0.2) is 0 Å². The Labute approximate surface area is 145 Å². The zero-order chi connectivity index (χ0) is 17.4. The minimum absolute atomic E-state index is 0.118. The van der Waals surface area contributed by atoms with E-state index in [-0.39, 0.29) is 11.7 Å². The maximum atomic E-state index is 13.3. The fraction of sp³-hybridized carbons (Fsp3) is 0.350. The van der Waals surface area contributed by atoms with Crippen molar-refractivity contribution in [2.45, 2.75) is 37.5 Å². The SMILES string of the molecule is O=c1n(C2CCC2)c2ccccc2n1[C@@H](c1ccccc1)[C@H](O)CO. The van der Waals surface area contributed by atoms with E-state index in [0.29, 0.717) is 0 Å². The maximum absolute atomic E-state index is 13.3. The highest BCUT2D eigenvalue weighted by molar-refractivity contribution is 5.76. The van der Waals surface area contributed by atoms with Crippen LogP contribution in [0.3, 0.4) is 0 Å². The van der Waals surface area contributed by atoms with Crippen LogP contribution < -0.4 is 5.69 Å². The van der Waals surface area contributed by atoms with Crippen molar-refractivity contribution in [3.63, 3.8) is 0 Å². The van der Waals surface area contributed by atoms with Gasteiger partial charge in [-0.2, -0.15) is 0 Å². The first kappa shape index (κ1) is 16.1. The molecule has 1 aliphatic carbocycles. The molecule has 2 atom stereocenters. The third-order valence-corrected chi connectivity index (χ3v) is 5.22. The van der Waals surface area contributed by atoms with Crippen LogP contribution in [0.2, 0.25) is 0 Å². The summed E-state index contributed by atoms with van der Waals surface area (Å²) in [5.41, 5.74) is 2.37. The van der Waals surface area contributed by atoms with Crippen molar-refractivity contribution < 1.29 is 10.2 Å². The molecule has 0 saturated heterocycles. The summed E-state index contributed by atoms with van der Waals surface area (Å²) in [4.78, 5) is 13.3. The van der Waals surface area contributed by atoms with Gasteiger partial charge in [-0.05, 0) is 37.0 Å². The molecule has 1 aliphatic rings. The van der Waals surface area contributed by atoms with Gasteiger partial charge in [-0.1, -0.05) is 42.5 Å². The molecule has 5 heteroatoms. The molecular weight excluding hydrogens is 316 g/mol. The van der Waals surface area contributed by atoms with Crippen molar-refractivity contribution in [2.75, 3.05) is 6.61 Å². The summed E-state index contributed by atoms with van der Waals surface area (Å²) in [7, 11) is 0. The van der Waals surface area contributed by atoms with Gasteiger partial charge in [-0.15, -0.1) is 0 Å². The molecule has 3 aromatic rings. The lowest BCUT2D eigenvalue weighted by molar-refractivity contribution is 0.0638. The second-order valence-electron chi connectivity index (χ2n) is 6.70. The van der Waals surface area contributed by atoms with E-state index in [0.717, 1.165) is 35.9 Å². The Hall–Kier alpha value is -2.37. The van der Waals surface area contributed by atoms with Gasteiger partial charge in [0.25, 0.3) is 0 Å². The van der Waals surface area contributed by atoms with Crippen LogP contribution in [0.1, 0.15) is 36.9 Å². The number of hydrogen-bond donors (Lipinski definition) is 2. The fourth-order valence-electron chi connectivity index (χ4n) is 3.75. The number of nitrogens with zero attached hydrogens (tertiary/aromatic N) is 2. The van der Waals surface area contributed by atoms with Gasteiger partial charge in [-0.3, -0.25) is 9.13 Å². The van der Waals surface area contributed by atoms with Crippen LogP contribution in [0.25, 0.3) is 11.0 Å². The van der Waals surface area contributed by atoms with Crippen LogP contribution in [0.5, 0.6) is 0 Å². The van der Waals surface area contributed by atoms with Crippen LogP contribution >= 0.6 is 0 Å². The van der Waals surface area contributed by atoms with Gasteiger partial charge >= 0.3 is 5.69 Å². The molecule has 1 aromatic heterocycles. The Morgan fingerprint density at radius 3 is 2.24 bits per heavy atom. The third kappa shape index (κ3) is 2.60. The van der Waals surface area contributed by atoms with Crippen LogP contribution in [-0.4, -0.2) is 32.1 Å². The predicted molar refractivity (Wildman–Crippen MR) is 96.8 cm³/mol. The van der Waals surface area contributed by atoms with Crippen molar-refractivity contribution in [3.8, 4) is 0 Å². The molecule has 0 radical (unpaired) electrons. The van der Waals surface area contributed by atoms with Crippen LogP contribution in [0, 0.1) is 0 Å². The molecule has 0 unspecified atom stereocenters. The highest BCUT2D eigenvalue weighted by atomic mass is 16.3. The second kappa shape index (κ2) is 6.50. The number of benzene rings is 2. The van der Waals surface area contributed by atoms with E-state index >= 15 is 0 Å². The number of para-hydroxylation sites is 2. The third-order valence-electron chi connectivity index (χ3n) is 5.22. The van der Waals surface area contributed by atoms with Gasteiger partial charge in [0.2, 0.25) is 0 Å². The molecule has 1 fully saturated rings. The van der Waals surface area contributed by atoms with Crippen LogP contribution in [0.4, 0.5) is 0 Å².